The van der Waals surface area contributed by atoms with Crippen LogP contribution in [-0.4, -0.2) is 68.8 Å². The summed E-state index contributed by atoms with van der Waals surface area (Å²) in [6.45, 7) is 7.56. The number of esters is 2. The lowest BCUT2D eigenvalue weighted by atomic mass is 10.2. The summed E-state index contributed by atoms with van der Waals surface area (Å²) < 4.78 is 15.2. The summed E-state index contributed by atoms with van der Waals surface area (Å²) in [5, 5.41) is 5.34. The van der Waals surface area contributed by atoms with E-state index in [1.54, 1.807) is 0 Å². The van der Waals surface area contributed by atoms with Gasteiger partial charge in [-0.05, 0) is 0 Å². The molecule has 2 rings (SSSR count). The second-order valence-electron chi connectivity index (χ2n) is 5.63. The van der Waals surface area contributed by atoms with E-state index in [2.05, 4.69) is 22.1 Å². The van der Waals surface area contributed by atoms with E-state index in [9.17, 15) is 14.4 Å². The van der Waals surface area contributed by atoms with Crippen LogP contribution in [0.3, 0.4) is 0 Å². The number of hydrogen-bond donors (Lipinski definition) is 2. The Bertz CT molecular complexity index is 608. The molecular weight excluding hydrogens is 342 g/mol. The van der Waals surface area contributed by atoms with Crippen LogP contribution in [0.4, 0.5) is 0 Å². The summed E-state index contributed by atoms with van der Waals surface area (Å²) in [6.07, 6.45) is 3.75. The first-order valence-corrected chi connectivity index (χ1v) is 8.32. The largest absolute Gasteiger partial charge is 0.462 e. The highest BCUT2D eigenvalue weighted by atomic mass is 16.5. The molecule has 0 unspecified atom stereocenters. The lowest BCUT2D eigenvalue weighted by molar-refractivity contribution is -0.140. The van der Waals surface area contributed by atoms with Crippen molar-refractivity contribution in [1.29, 1.82) is 0 Å². The van der Waals surface area contributed by atoms with Crippen LogP contribution >= 0.6 is 0 Å². The van der Waals surface area contributed by atoms with Crippen LogP contribution in [0.2, 0.25) is 0 Å². The molecule has 2 N–H and O–H groups in total. The Kier molecular flexibility index (Phi) is 7.84. The number of amides is 1. The highest BCUT2D eigenvalue weighted by Crippen LogP contribution is 2.04. The van der Waals surface area contributed by atoms with E-state index in [0.717, 1.165) is 25.2 Å². The predicted octanol–water partition coefficient (Wildman–Crippen LogP) is -0.574. The molecule has 0 atom stereocenters. The molecular formula is C17H23N3O6. The van der Waals surface area contributed by atoms with Crippen LogP contribution in [0.1, 0.15) is 6.42 Å². The van der Waals surface area contributed by atoms with E-state index < -0.39 is 11.9 Å². The van der Waals surface area contributed by atoms with E-state index in [1.165, 1.54) is 6.08 Å². The van der Waals surface area contributed by atoms with Gasteiger partial charge in [-0.15, -0.1) is 0 Å². The molecule has 26 heavy (non-hydrogen) atoms. The zero-order valence-electron chi connectivity index (χ0n) is 14.5. The van der Waals surface area contributed by atoms with Crippen molar-refractivity contribution in [3.63, 3.8) is 0 Å². The molecule has 0 aliphatic carbocycles. The fourth-order valence-electron chi connectivity index (χ4n) is 2.33. The van der Waals surface area contributed by atoms with Crippen molar-refractivity contribution in [2.24, 2.45) is 0 Å². The summed E-state index contributed by atoms with van der Waals surface area (Å²) in [5.41, 5.74) is 0.595. The molecule has 1 fully saturated rings. The molecule has 2 aliphatic rings. The van der Waals surface area contributed by atoms with Crippen LogP contribution in [0.5, 0.6) is 0 Å². The van der Waals surface area contributed by atoms with Crippen molar-refractivity contribution >= 4 is 17.8 Å². The van der Waals surface area contributed by atoms with E-state index >= 15 is 0 Å². The van der Waals surface area contributed by atoms with Crippen molar-refractivity contribution in [1.82, 2.24) is 15.5 Å². The average Bonchev–Trinajstić information content (AvgIpc) is 2.60. The third kappa shape index (κ3) is 7.49. The summed E-state index contributed by atoms with van der Waals surface area (Å²) in [5.74, 6) is -1.16. The molecule has 2 aliphatic heterocycles. The van der Waals surface area contributed by atoms with Crippen LogP contribution in [-0.2, 0) is 28.6 Å². The number of carbonyl (C=O) groups excluding carboxylic acids is 3. The van der Waals surface area contributed by atoms with Gasteiger partial charge in [0.2, 0.25) is 0 Å². The Morgan fingerprint density at radius 3 is 2.46 bits per heavy atom. The standard InChI is InChI=1S/C17H23N3O6/c1-13-18-14(12-15(21)19-13)4-8-25-16(22)2-3-17(23)26-11-7-20-5-9-24-10-6-20/h2-3,12,18H,1,4-11H2,(H,19,21)/b3-2+. The van der Waals surface area contributed by atoms with E-state index in [-0.39, 0.29) is 19.1 Å². The normalized spacial score (nSPS) is 18.1. The maximum atomic E-state index is 11.6. The molecule has 0 radical (unpaired) electrons. The first-order chi connectivity index (χ1) is 12.5. The Labute approximate surface area is 151 Å². The highest BCUT2D eigenvalue weighted by Gasteiger charge is 2.12. The van der Waals surface area contributed by atoms with Crippen molar-refractivity contribution in [2.45, 2.75) is 6.42 Å². The SMILES string of the molecule is C=C1NC(=O)C=C(CCOC(=O)/C=C/C(=O)OCCN2CCOCC2)N1. The maximum Gasteiger partial charge on any atom is 0.331 e. The third-order valence-corrected chi connectivity index (χ3v) is 3.62. The summed E-state index contributed by atoms with van der Waals surface area (Å²) in [6, 6.07) is 0. The smallest absolute Gasteiger partial charge is 0.331 e. The van der Waals surface area contributed by atoms with Gasteiger partial charge >= 0.3 is 11.9 Å². The minimum absolute atomic E-state index is 0.0641. The van der Waals surface area contributed by atoms with E-state index in [1.807, 2.05) is 0 Å². The van der Waals surface area contributed by atoms with Gasteiger partial charge in [0.1, 0.15) is 12.4 Å². The number of nitrogens with one attached hydrogen (secondary N) is 2. The van der Waals surface area contributed by atoms with Gasteiger partial charge in [-0.2, -0.15) is 0 Å². The molecule has 0 saturated carbocycles. The Hall–Kier alpha value is -2.65. The lowest BCUT2D eigenvalue weighted by Gasteiger charge is -2.25. The topological polar surface area (TPSA) is 106 Å². The predicted molar refractivity (Wildman–Crippen MR) is 91.4 cm³/mol. The number of rotatable bonds is 8. The van der Waals surface area contributed by atoms with Gasteiger partial charge in [0.05, 0.1) is 19.8 Å². The quantitative estimate of drug-likeness (QED) is 0.435. The Morgan fingerprint density at radius 2 is 1.81 bits per heavy atom. The highest BCUT2D eigenvalue weighted by molar-refractivity contribution is 5.92. The first kappa shape index (κ1) is 19.7. The minimum atomic E-state index is -0.658. The number of ether oxygens (including phenoxy) is 3. The van der Waals surface area contributed by atoms with Gasteiger partial charge in [0.15, 0.2) is 0 Å². The minimum Gasteiger partial charge on any atom is -0.462 e. The van der Waals surface area contributed by atoms with Crippen LogP contribution in [0.25, 0.3) is 0 Å². The molecule has 0 aromatic heterocycles. The fraction of sp³-hybridized carbons (Fsp3) is 0.471. The molecule has 142 valence electrons. The molecule has 0 aromatic carbocycles. The third-order valence-electron chi connectivity index (χ3n) is 3.62. The van der Waals surface area contributed by atoms with Gasteiger partial charge in [-0.3, -0.25) is 9.69 Å². The zero-order valence-corrected chi connectivity index (χ0v) is 14.5. The van der Waals surface area contributed by atoms with Crippen molar-refractivity contribution in [3.05, 3.63) is 36.3 Å². The first-order valence-electron chi connectivity index (χ1n) is 8.32. The molecule has 1 saturated heterocycles. The summed E-state index contributed by atoms with van der Waals surface area (Å²) in [7, 11) is 0. The Morgan fingerprint density at radius 1 is 1.15 bits per heavy atom. The Balaban J connectivity index is 1.58. The number of morpholine rings is 1. The summed E-state index contributed by atoms with van der Waals surface area (Å²) >= 11 is 0. The lowest BCUT2D eigenvalue weighted by Crippen LogP contribution is -2.38. The second kappa shape index (κ2) is 10.4. The maximum absolute atomic E-state index is 11.6. The average molecular weight is 365 g/mol. The molecule has 0 bridgehead atoms. The molecule has 9 heteroatoms. The molecule has 2 heterocycles. The van der Waals surface area contributed by atoms with Crippen LogP contribution in [0, 0.1) is 0 Å². The summed E-state index contributed by atoms with van der Waals surface area (Å²) in [4.78, 5) is 36.5. The number of nitrogens with zero attached hydrogens (tertiary/aromatic N) is 1. The molecule has 0 spiro atoms. The van der Waals surface area contributed by atoms with Crippen LogP contribution < -0.4 is 10.6 Å². The van der Waals surface area contributed by atoms with E-state index in [4.69, 9.17) is 14.2 Å². The van der Waals surface area contributed by atoms with Crippen LogP contribution in [0.15, 0.2) is 36.3 Å². The van der Waals surface area contributed by atoms with Gasteiger partial charge in [0.25, 0.3) is 5.91 Å². The van der Waals surface area contributed by atoms with Crippen molar-refractivity contribution < 1.29 is 28.6 Å². The molecule has 0 aromatic rings. The van der Waals surface area contributed by atoms with Crippen molar-refractivity contribution in [3.8, 4) is 0 Å². The van der Waals surface area contributed by atoms with Crippen molar-refractivity contribution in [2.75, 3.05) is 46.1 Å². The van der Waals surface area contributed by atoms with Gasteiger partial charge in [0, 0.05) is 50.0 Å². The fourth-order valence-corrected chi connectivity index (χ4v) is 2.33. The monoisotopic (exact) mass is 365 g/mol. The molecule has 1 amide bonds. The number of carbonyl (C=O) groups is 3. The van der Waals surface area contributed by atoms with Gasteiger partial charge < -0.3 is 24.8 Å². The van der Waals surface area contributed by atoms with E-state index in [0.29, 0.717) is 37.7 Å². The van der Waals surface area contributed by atoms with Gasteiger partial charge in [-0.25, -0.2) is 9.59 Å². The molecule has 9 nitrogen and oxygen atoms in total. The second-order valence-corrected chi connectivity index (χ2v) is 5.63. The number of hydrogen-bond acceptors (Lipinski definition) is 8. The van der Waals surface area contributed by atoms with Gasteiger partial charge in [-0.1, -0.05) is 6.58 Å². The zero-order chi connectivity index (χ0) is 18.8.